The Bertz CT molecular complexity index is 900. The lowest BCUT2D eigenvalue weighted by Gasteiger charge is -2.09. The van der Waals surface area contributed by atoms with Gasteiger partial charge in [0.15, 0.2) is 11.5 Å². The molecule has 26 heavy (non-hydrogen) atoms. The van der Waals surface area contributed by atoms with E-state index in [0.717, 1.165) is 21.8 Å². The molecule has 5 nitrogen and oxygen atoms in total. The van der Waals surface area contributed by atoms with E-state index < -0.39 is 5.97 Å². The highest BCUT2D eigenvalue weighted by atomic mass is 32.1. The maximum Gasteiger partial charge on any atom is 0.331 e. The lowest BCUT2D eigenvalue weighted by molar-refractivity contribution is -0.139. The molecule has 7 heteroatoms. The zero-order valence-electron chi connectivity index (χ0n) is 14.3. The molecular formula is C19H17NO4S2. The molecule has 2 heterocycles. The quantitative estimate of drug-likeness (QED) is 0.436. The molecule has 0 spiro atoms. The Kier molecular flexibility index (Phi) is 6.04. The van der Waals surface area contributed by atoms with Gasteiger partial charge in [-0.25, -0.2) is 9.78 Å². The molecule has 0 aliphatic carbocycles. The summed E-state index contributed by atoms with van der Waals surface area (Å²) >= 11 is 3.16. The van der Waals surface area contributed by atoms with Gasteiger partial charge in [-0.2, -0.15) is 11.3 Å². The highest BCUT2D eigenvalue weighted by molar-refractivity contribution is 7.14. The molecule has 134 valence electrons. The molecule has 0 fully saturated rings. The Morgan fingerprint density at radius 2 is 2.08 bits per heavy atom. The predicted octanol–water partition coefficient (Wildman–Crippen LogP) is 4.65. The number of rotatable bonds is 7. The number of benzene rings is 1. The van der Waals surface area contributed by atoms with Gasteiger partial charge in [-0.3, -0.25) is 0 Å². The van der Waals surface area contributed by atoms with Crippen LogP contribution in [0.3, 0.4) is 0 Å². The summed E-state index contributed by atoms with van der Waals surface area (Å²) in [5, 5.41) is 6.87. The van der Waals surface area contributed by atoms with E-state index in [2.05, 4.69) is 4.98 Å². The summed E-state index contributed by atoms with van der Waals surface area (Å²) < 4.78 is 15.8. The van der Waals surface area contributed by atoms with Crippen molar-refractivity contribution < 1.29 is 19.0 Å². The molecule has 0 atom stereocenters. The number of aromatic nitrogens is 1. The third-order valence-electron chi connectivity index (χ3n) is 3.51. The van der Waals surface area contributed by atoms with Crippen molar-refractivity contribution in [3.63, 3.8) is 0 Å². The second-order valence-electron chi connectivity index (χ2n) is 5.18. The predicted molar refractivity (Wildman–Crippen MR) is 104 cm³/mol. The molecule has 0 unspecified atom stereocenters. The number of hydrogen-bond acceptors (Lipinski definition) is 7. The van der Waals surface area contributed by atoms with Gasteiger partial charge >= 0.3 is 5.97 Å². The van der Waals surface area contributed by atoms with E-state index in [9.17, 15) is 4.79 Å². The molecule has 0 aliphatic heterocycles. The second kappa shape index (κ2) is 8.64. The minimum atomic E-state index is -0.444. The van der Waals surface area contributed by atoms with Gasteiger partial charge in [-0.15, -0.1) is 11.3 Å². The van der Waals surface area contributed by atoms with E-state index in [0.29, 0.717) is 11.5 Å². The zero-order chi connectivity index (χ0) is 18.4. The fourth-order valence-electron chi connectivity index (χ4n) is 2.29. The number of carbonyl (C=O) groups excluding carboxylic acids is 1. The molecule has 0 amide bonds. The number of thiazole rings is 1. The van der Waals surface area contributed by atoms with Crippen molar-refractivity contribution in [1.82, 2.24) is 4.98 Å². The molecule has 0 saturated carbocycles. The summed E-state index contributed by atoms with van der Waals surface area (Å²) in [6, 6.07) is 7.47. The van der Waals surface area contributed by atoms with E-state index in [1.165, 1.54) is 17.4 Å². The van der Waals surface area contributed by atoms with Crippen LogP contribution in [0.1, 0.15) is 11.3 Å². The Hall–Kier alpha value is -2.64. The molecular weight excluding hydrogens is 370 g/mol. The molecule has 0 bridgehead atoms. The lowest BCUT2D eigenvalue weighted by Crippen LogP contribution is -2.01. The van der Waals surface area contributed by atoms with Crippen molar-refractivity contribution in [2.45, 2.75) is 6.61 Å². The van der Waals surface area contributed by atoms with Gasteiger partial charge in [0.1, 0.15) is 11.6 Å². The van der Waals surface area contributed by atoms with E-state index in [-0.39, 0.29) is 6.61 Å². The standard InChI is InChI=1S/C19H17NO4S2/c1-22-16-5-3-4-13(18(16)23-2)6-7-17(21)24-10-15-12-26-19(20-15)14-8-9-25-11-14/h3-9,11-12H,10H2,1-2H3/b7-6+. The summed E-state index contributed by atoms with van der Waals surface area (Å²) in [4.78, 5) is 16.5. The number of nitrogens with zero attached hydrogens (tertiary/aromatic N) is 1. The smallest absolute Gasteiger partial charge is 0.331 e. The first-order valence-corrected chi connectivity index (χ1v) is 9.56. The molecule has 2 aromatic heterocycles. The second-order valence-corrected chi connectivity index (χ2v) is 6.82. The third kappa shape index (κ3) is 4.30. The van der Waals surface area contributed by atoms with Crippen LogP contribution in [0.25, 0.3) is 16.6 Å². The minimum Gasteiger partial charge on any atom is -0.493 e. The third-order valence-corrected chi connectivity index (χ3v) is 5.14. The molecule has 3 aromatic rings. The molecule has 0 saturated heterocycles. The number of esters is 1. The first-order chi connectivity index (χ1) is 12.7. The minimum absolute atomic E-state index is 0.138. The fraction of sp³-hybridized carbons (Fsp3) is 0.158. The van der Waals surface area contributed by atoms with Crippen molar-refractivity contribution in [3.05, 3.63) is 57.7 Å². The van der Waals surface area contributed by atoms with Gasteiger partial charge in [0.2, 0.25) is 0 Å². The van der Waals surface area contributed by atoms with Gasteiger partial charge in [-0.1, -0.05) is 12.1 Å². The fourth-order valence-corrected chi connectivity index (χ4v) is 3.80. The topological polar surface area (TPSA) is 57.7 Å². The van der Waals surface area contributed by atoms with Crippen LogP contribution in [0.2, 0.25) is 0 Å². The van der Waals surface area contributed by atoms with Crippen LogP contribution in [-0.2, 0) is 16.1 Å². The van der Waals surface area contributed by atoms with E-state index in [4.69, 9.17) is 14.2 Å². The van der Waals surface area contributed by atoms with Crippen molar-refractivity contribution >= 4 is 34.7 Å². The number of carbonyl (C=O) groups is 1. The van der Waals surface area contributed by atoms with Gasteiger partial charge in [-0.05, 0) is 23.6 Å². The molecule has 0 radical (unpaired) electrons. The maximum absolute atomic E-state index is 12.0. The lowest BCUT2D eigenvalue weighted by atomic mass is 10.1. The summed E-state index contributed by atoms with van der Waals surface area (Å²) in [6.07, 6.45) is 3.00. The van der Waals surface area contributed by atoms with Crippen LogP contribution < -0.4 is 9.47 Å². The average molecular weight is 387 g/mol. The zero-order valence-corrected chi connectivity index (χ0v) is 15.9. The van der Waals surface area contributed by atoms with Crippen LogP contribution in [0, 0.1) is 0 Å². The van der Waals surface area contributed by atoms with E-state index in [1.54, 1.807) is 37.7 Å². The number of ether oxygens (including phenoxy) is 3. The largest absolute Gasteiger partial charge is 0.493 e. The first-order valence-electron chi connectivity index (χ1n) is 7.74. The average Bonchev–Trinajstić information content (AvgIpc) is 3.35. The van der Waals surface area contributed by atoms with E-state index >= 15 is 0 Å². The Morgan fingerprint density at radius 3 is 2.81 bits per heavy atom. The number of para-hydroxylation sites is 1. The highest BCUT2D eigenvalue weighted by Gasteiger charge is 2.09. The monoisotopic (exact) mass is 387 g/mol. The van der Waals surface area contributed by atoms with Crippen molar-refractivity contribution in [2.24, 2.45) is 0 Å². The van der Waals surface area contributed by atoms with Crippen molar-refractivity contribution in [2.75, 3.05) is 14.2 Å². The summed E-state index contributed by atoms with van der Waals surface area (Å²) in [7, 11) is 3.12. The molecule has 3 rings (SSSR count). The van der Waals surface area contributed by atoms with Crippen LogP contribution in [-0.4, -0.2) is 25.2 Å². The molecule has 0 N–H and O–H groups in total. The SMILES string of the molecule is COc1cccc(/C=C/C(=O)OCc2csc(-c3ccsc3)n2)c1OC. The van der Waals surface area contributed by atoms with E-state index in [1.807, 2.05) is 34.3 Å². The van der Waals surface area contributed by atoms with Crippen LogP contribution in [0.5, 0.6) is 11.5 Å². The van der Waals surface area contributed by atoms with Crippen molar-refractivity contribution in [1.29, 1.82) is 0 Å². The van der Waals surface area contributed by atoms with Gasteiger partial charge in [0.25, 0.3) is 0 Å². The van der Waals surface area contributed by atoms with Gasteiger partial charge < -0.3 is 14.2 Å². The summed E-state index contributed by atoms with van der Waals surface area (Å²) in [6.45, 7) is 0.138. The Morgan fingerprint density at radius 1 is 1.19 bits per heavy atom. The van der Waals surface area contributed by atoms with Gasteiger partial charge in [0.05, 0.1) is 19.9 Å². The molecule has 0 aliphatic rings. The van der Waals surface area contributed by atoms with Crippen molar-refractivity contribution in [3.8, 4) is 22.1 Å². The number of thiophene rings is 1. The number of methoxy groups -OCH3 is 2. The maximum atomic E-state index is 12.0. The Balaban J connectivity index is 1.60. The highest BCUT2D eigenvalue weighted by Crippen LogP contribution is 2.31. The Labute approximate surface area is 159 Å². The summed E-state index contributed by atoms with van der Waals surface area (Å²) in [5.74, 6) is 0.727. The molecule has 1 aromatic carbocycles. The van der Waals surface area contributed by atoms with Crippen LogP contribution in [0.15, 0.2) is 46.5 Å². The summed E-state index contributed by atoms with van der Waals surface area (Å²) in [5.41, 5.74) is 2.55. The number of hydrogen-bond donors (Lipinski definition) is 0. The first kappa shape index (κ1) is 18.2. The normalized spacial score (nSPS) is 10.8. The van der Waals surface area contributed by atoms with Crippen LogP contribution in [0.4, 0.5) is 0 Å². The van der Waals surface area contributed by atoms with Crippen LogP contribution >= 0.6 is 22.7 Å². The van der Waals surface area contributed by atoms with Gasteiger partial charge in [0, 0.05) is 28.0 Å².